The van der Waals surface area contributed by atoms with Gasteiger partial charge in [-0.25, -0.2) is 9.97 Å². The highest BCUT2D eigenvalue weighted by molar-refractivity contribution is 9.10. The summed E-state index contributed by atoms with van der Waals surface area (Å²) in [5.74, 6) is 0. The molecule has 0 atom stereocenters. The first kappa shape index (κ1) is 13.8. The molecule has 0 bridgehead atoms. The quantitative estimate of drug-likeness (QED) is 0.694. The lowest BCUT2D eigenvalue weighted by Crippen LogP contribution is -2.15. The maximum atomic E-state index is 12.4. The summed E-state index contributed by atoms with van der Waals surface area (Å²) in [5, 5.41) is 1.59. The highest BCUT2D eigenvalue weighted by Gasteiger charge is 2.25. The second-order valence-corrected chi connectivity index (χ2v) is 7.38. The maximum absolute atomic E-state index is 12.4. The lowest BCUT2D eigenvalue weighted by atomic mass is 10.4. The van der Waals surface area contributed by atoms with E-state index in [0.717, 1.165) is 0 Å². The third-order valence-corrected chi connectivity index (χ3v) is 5.42. The molecule has 0 aromatic carbocycles. The fraction of sp³-hybridized carbons (Fsp3) is 0. The van der Waals surface area contributed by atoms with Crippen LogP contribution in [0.4, 0.5) is 5.69 Å². The summed E-state index contributed by atoms with van der Waals surface area (Å²) in [7, 11) is -3.84. The Labute approximate surface area is 131 Å². The summed E-state index contributed by atoms with van der Waals surface area (Å²) in [5.41, 5.74) is 0.342. The maximum Gasteiger partial charge on any atom is 0.281 e. The predicted octanol–water partition coefficient (Wildman–Crippen LogP) is 3.01. The van der Waals surface area contributed by atoms with Crippen LogP contribution in [0, 0.1) is 0 Å². The van der Waals surface area contributed by atoms with Crippen LogP contribution in [0.3, 0.4) is 0 Å². The Morgan fingerprint density at radius 2 is 2.20 bits per heavy atom. The molecule has 0 radical (unpaired) electrons. The van der Waals surface area contributed by atoms with Gasteiger partial charge >= 0.3 is 0 Å². The van der Waals surface area contributed by atoms with E-state index in [4.69, 9.17) is 11.6 Å². The SMILES string of the molecule is O=S(=O)(Nc1ccc(Br)nc1)c1c(Cl)nc2sccn12. The van der Waals surface area contributed by atoms with E-state index in [9.17, 15) is 8.42 Å². The number of nitrogens with one attached hydrogen (secondary N) is 1. The number of pyridine rings is 1. The largest absolute Gasteiger partial charge is 0.281 e. The van der Waals surface area contributed by atoms with Crippen molar-refractivity contribution in [2.75, 3.05) is 4.72 Å². The van der Waals surface area contributed by atoms with Gasteiger partial charge in [-0.2, -0.15) is 8.42 Å². The minimum atomic E-state index is -3.84. The topological polar surface area (TPSA) is 76.4 Å². The van der Waals surface area contributed by atoms with Gasteiger partial charge < -0.3 is 0 Å². The van der Waals surface area contributed by atoms with Crippen LogP contribution in [0.1, 0.15) is 0 Å². The zero-order valence-electron chi connectivity index (χ0n) is 9.62. The normalized spacial score (nSPS) is 11.9. The predicted molar refractivity (Wildman–Crippen MR) is 80.8 cm³/mol. The smallest absolute Gasteiger partial charge is 0.278 e. The number of anilines is 1. The summed E-state index contributed by atoms with van der Waals surface area (Å²) in [4.78, 5) is 8.47. The second kappa shape index (κ2) is 4.99. The van der Waals surface area contributed by atoms with Crippen LogP contribution in [0.25, 0.3) is 4.96 Å². The monoisotopic (exact) mass is 392 g/mol. The van der Waals surface area contributed by atoms with Crippen molar-refractivity contribution >= 4 is 59.5 Å². The van der Waals surface area contributed by atoms with Gasteiger partial charge in [0.2, 0.25) is 0 Å². The molecule has 6 nitrogen and oxygen atoms in total. The standard InChI is InChI=1S/C10H6BrClN4O2S2/c11-7-2-1-6(5-13-7)15-20(17,18)9-8(12)14-10-16(9)3-4-19-10/h1-5,15H. The minimum absolute atomic E-state index is 0.0607. The van der Waals surface area contributed by atoms with E-state index in [1.165, 1.54) is 21.9 Å². The van der Waals surface area contributed by atoms with Crippen molar-refractivity contribution in [3.63, 3.8) is 0 Å². The number of hydrogen-bond acceptors (Lipinski definition) is 5. The summed E-state index contributed by atoms with van der Waals surface area (Å²) >= 11 is 10.4. The molecule has 104 valence electrons. The van der Waals surface area contributed by atoms with E-state index in [1.807, 2.05) is 0 Å². The Balaban J connectivity index is 2.05. The van der Waals surface area contributed by atoms with Gasteiger partial charge in [0.25, 0.3) is 10.0 Å². The number of rotatable bonds is 3. The summed E-state index contributed by atoms with van der Waals surface area (Å²) in [6.45, 7) is 0. The molecular formula is C10H6BrClN4O2S2. The molecule has 0 saturated carbocycles. The van der Waals surface area contributed by atoms with E-state index in [2.05, 4.69) is 30.6 Å². The average molecular weight is 394 g/mol. The van der Waals surface area contributed by atoms with E-state index in [1.54, 1.807) is 23.7 Å². The number of imidazole rings is 1. The molecule has 0 aliphatic rings. The first-order valence-corrected chi connectivity index (χ1v) is 8.76. The van der Waals surface area contributed by atoms with Gasteiger partial charge in [-0.1, -0.05) is 11.6 Å². The summed E-state index contributed by atoms with van der Waals surface area (Å²) < 4.78 is 29.2. The number of halogens is 2. The Morgan fingerprint density at radius 3 is 2.90 bits per heavy atom. The number of nitrogens with zero attached hydrogens (tertiary/aromatic N) is 3. The van der Waals surface area contributed by atoms with E-state index >= 15 is 0 Å². The van der Waals surface area contributed by atoms with Crippen molar-refractivity contribution in [3.8, 4) is 0 Å². The average Bonchev–Trinajstić information content (AvgIpc) is 2.91. The van der Waals surface area contributed by atoms with E-state index in [-0.39, 0.29) is 10.2 Å². The molecule has 0 fully saturated rings. The van der Waals surface area contributed by atoms with Crippen LogP contribution < -0.4 is 4.72 Å². The molecule has 0 amide bonds. The molecule has 3 aromatic heterocycles. The van der Waals surface area contributed by atoms with Crippen molar-refractivity contribution in [2.24, 2.45) is 0 Å². The lowest BCUT2D eigenvalue weighted by Gasteiger charge is -2.07. The Kier molecular flexibility index (Phi) is 3.44. The second-order valence-electron chi connectivity index (χ2n) is 3.74. The van der Waals surface area contributed by atoms with Crippen molar-refractivity contribution in [1.82, 2.24) is 14.4 Å². The molecule has 0 aliphatic carbocycles. The highest BCUT2D eigenvalue weighted by atomic mass is 79.9. The number of hydrogen-bond donors (Lipinski definition) is 1. The van der Waals surface area contributed by atoms with Gasteiger partial charge in [0, 0.05) is 11.6 Å². The molecular weight excluding hydrogens is 388 g/mol. The first-order valence-electron chi connectivity index (χ1n) is 5.23. The number of aromatic nitrogens is 3. The Bertz CT molecular complexity index is 872. The van der Waals surface area contributed by atoms with Crippen molar-refractivity contribution in [1.29, 1.82) is 0 Å². The van der Waals surface area contributed by atoms with Crippen LogP contribution in [-0.4, -0.2) is 22.8 Å². The van der Waals surface area contributed by atoms with Crippen molar-refractivity contribution in [2.45, 2.75) is 5.03 Å². The van der Waals surface area contributed by atoms with Crippen molar-refractivity contribution in [3.05, 3.63) is 39.7 Å². The fourth-order valence-corrected chi connectivity index (χ4v) is 4.35. The number of fused-ring (bicyclic) bond motifs is 1. The molecule has 3 heterocycles. The van der Waals surface area contributed by atoms with Crippen molar-refractivity contribution < 1.29 is 8.42 Å². The zero-order chi connectivity index (χ0) is 14.3. The van der Waals surface area contributed by atoms with Gasteiger partial charge in [-0.3, -0.25) is 9.12 Å². The Morgan fingerprint density at radius 1 is 1.40 bits per heavy atom. The molecule has 0 spiro atoms. The third-order valence-electron chi connectivity index (χ3n) is 2.41. The van der Waals surface area contributed by atoms with Gasteiger partial charge in [-0.05, 0) is 28.1 Å². The zero-order valence-corrected chi connectivity index (χ0v) is 13.6. The van der Waals surface area contributed by atoms with Gasteiger partial charge in [0.15, 0.2) is 15.1 Å². The number of thiazole rings is 1. The van der Waals surface area contributed by atoms with Crippen LogP contribution in [-0.2, 0) is 10.0 Å². The summed E-state index contributed by atoms with van der Waals surface area (Å²) in [6, 6.07) is 3.23. The van der Waals surface area contributed by atoms with E-state index < -0.39 is 10.0 Å². The molecule has 0 unspecified atom stereocenters. The molecule has 3 rings (SSSR count). The van der Waals surface area contributed by atoms with Crippen LogP contribution in [0.5, 0.6) is 0 Å². The first-order chi connectivity index (χ1) is 9.47. The molecule has 0 saturated heterocycles. The molecule has 20 heavy (non-hydrogen) atoms. The third kappa shape index (κ3) is 2.41. The van der Waals surface area contributed by atoms with Gasteiger partial charge in [0.05, 0.1) is 11.9 Å². The number of sulfonamides is 1. The Hall–Kier alpha value is -1.16. The minimum Gasteiger partial charge on any atom is -0.278 e. The highest BCUT2D eigenvalue weighted by Crippen LogP contribution is 2.27. The van der Waals surface area contributed by atoms with Crippen LogP contribution in [0.15, 0.2) is 39.5 Å². The molecule has 1 N–H and O–H groups in total. The lowest BCUT2D eigenvalue weighted by molar-refractivity contribution is 0.596. The molecule has 0 aliphatic heterocycles. The van der Waals surface area contributed by atoms with Crippen LogP contribution >= 0.6 is 38.9 Å². The summed E-state index contributed by atoms with van der Waals surface area (Å²) in [6.07, 6.45) is 3.01. The van der Waals surface area contributed by atoms with E-state index in [0.29, 0.717) is 15.3 Å². The van der Waals surface area contributed by atoms with Gasteiger partial charge in [-0.15, -0.1) is 11.3 Å². The molecule has 10 heteroatoms. The fourth-order valence-electron chi connectivity index (χ4n) is 1.62. The van der Waals surface area contributed by atoms with Crippen LogP contribution in [0.2, 0.25) is 5.15 Å². The molecule has 3 aromatic rings. The van der Waals surface area contributed by atoms with Gasteiger partial charge in [0.1, 0.15) is 4.60 Å².